The zero-order valence-electron chi connectivity index (χ0n) is 33.2. The maximum atomic E-state index is 12.2. The molecule has 5 aromatic heterocycles. The first-order valence-corrected chi connectivity index (χ1v) is 20.8. The monoisotopic (exact) mass is 819 g/mol. The number of nitrogens with one attached hydrogen (secondary N) is 2. The second-order valence-electron chi connectivity index (χ2n) is 12.4. The minimum absolute atomic E-state index is 0. The fourth-order valence-electron chi connectivity index (χ4n) is 6.04. The van der Waals surface area contributed by atoms with Crippen LogP contribution in [0.3, 0.4) is 0 Å². The van der Waals surface area contributed by atoms with Crippen LogP contribution in [0.1, 0.15) is 30.5 Å². The number of hydrogen-bond donors (Lipinski definition) is 2. The Kier molecular flexibility index (Phi) is 14.0. The van der Waals surface area contributed by atoms with Crippen LogP contribution in [0.5, 0.6) is 0 Å². The molecule has 0 aliphatic heterocycles. The molecule has 0 fully saturated rings. The third-order valence-corrected chi connectivity index (χ3v) is 10.7. The first-order valence-electron chi connectivity index (χ1n) is 18.8. The SMILES string of the molecule is CC.CCn1c(SCC(=O)Nc2ccccc2)nnc1-c1cccc2c1cnn2C.CCn1c(SCC(=O)Nc2ccccc2)nnc1-c1ccnc2c1ncn2C.[HH].[HH]. The largest absolute Gasteiger partial charge is 0.325 e. The molecule has 0 spiro atoms. The number of fused-ring (bicyclic) bond motifs is 2. The Morgan fingerprint density at radius 1 is 0.672 bits per heavy atom. The van der Waals surface area contributed by atoms with Gasteiger partial charge in [-0.2, -0.15) is 5.10 Å². The highest BCUT2D eigenvalue weighted by molar-refractivity contribution is 8.00. The zero-order valence-corrected chi connectivity index (χ0v) is 34.8. The van der Waals surface area contributed by atoms with Gasteiger partial charge in [-0.05, 0) is 50.2 Å². The Bertz CT molecular complexity index is 2430. The van der Waals surface area contributed by atoms with E-state index in [0.717, 1.165) is 61.4 Å². The average molecular weight is 820 g/mol. The van der Waals surface area contributed by atoms with Crippen molar-refractivity contribution in [2.45, 2.75) is 51.1 Å². The predicted molar refractivity (Wildman–Crippen MR) is 236 cm³/mol. The van der Waals surface area contributed by atoms with E-state index in [-0.39, 0.29) is 26.2 Å². The van der Waals surface area contributed by atoms with E-state index in [0.29, 0.717) is 18.2 Å². The van der Waals surface area contributed by atoms with E-state index in [1.54, 1.807) is 12.5 Å². The van der Waals surface area contributed by atoms with Gasteiger partial charge in [0.05, 0.1) is 35.1 Å². The number of aromatic nitrogens is 11. The number of nitrogens with zero attached hydrogens (tertiary/aromatic N) is 11. The number of carbonyl (C=O) groups excluding carboxylic acids is 2. The number of carbonyl (C=O) groups is 2. The summed E-state index contributed by atoms with van der Waals surface area (Å²) >= 11 is 2.74. The quantitative estimate of drug-likeness (QED) is 0.114. The van der Waals surface area contributed by atoms with Crippen LogP contribution in [0.2, 0.25) is 0 Å². The van der Waals surface area contributed by atoms with Crippen LogP contribution in [0.15, 0.2) is 114 Å². The Labute approximate surface area is 347 Å². The van der Waals surface area contributed by atoms with Crippen molar-refractivity contribution < 1.29 is 12.4 Å². The van der Waals surface area contributed by atoms with E-state index in [1.807, 2.05) is 151 Å². The molecule has 2 N–H and O–H groups in total. The molecule has 0 saturated carbocycles. The summed E-state index contributed by atoms with van der Waals surface area (Å²) < 4.78 is 7.73. The number of amides is 2. The van der Waals surface area contributed by atoms with Crippen molar-refractivity contribution in [2.75, 3.05) is 22.1 Å². The molecule has 0 unspecified atom stereocenters. The van der Waals surface area contributed by atoms with Crippen molar-refractivity contribution in [3.8, 4) is 22.8 Å². The molecule has 8 rings (SSSR count). The van der Waals surface area contributed by atoms with Crippen LogP contribution < -0.4 is 10.6 Å². The molecule has 5 heterocycles. The topological polar surface area (TPSA) is 168 Å². The molecule has 0 bridgehead atoms. The number of pyridine rings is 1. The molecule has 0 aliphatic carbocycles. The predicted octanol–water partition coefficient (Wildman–Crippen LogP) is 8.08. The van der Waals surface area contributed by atoms with Gasteiger partial charge in [0.1, 0.15) is 5.52 Å². The van der Waals surface area contributed by atoms with Crippen LogP contribution in [-0.2, 0) is 36.8 Å². The van der Waals surface area contributed by atoms with Gasteiger partial charge in [-0.3, -0.25) is 14.3 Å². The molecule has 17 heteroatoms. The van der Waals surface area contributed by atoms with E-state index in [2.05, 4.69) is 46.1 Å². The highest BCUT2D eigenvalue weighted by Gasteiger charge is 2.20. The summed E-state index contributed by atoms with van der Waals surface area (Å²) in [6.07, 6.45) is 5.32. The number of thioether (sulfide) groups is 2. The van der Waals surface area contributed by atoms with Gasteiger partial charge in [-0.1, -0.05) is 85.9 Å². The number of para-hydroxylation sites is 2. The number of rotatable bonds is 12. The molecule has 2 amide bonds. The zero-order chi connectivity index (χ0) is 41.0. The van der Waals surface area contributed by atoms with Gasteiger partial charge in [-0.15, -0.1) is 20.4 Å². The van der Waals surface area contributed by atoms with Crippen molar-refractivity contribution >= 4 is 68.8 Å². The van der Waals surface area contributed by atoms with Crippen molar-refractivity contribution in [3.63, 3.8) is 0 Å². The van der Waals surface area contributed by atoms with E-state index in [9.17, 15) is 9.59 Å². The maximum absolute atomic E-state index is 12.2. The van der Waals surface area contributed by atoms with Gasteiger partial charge in [0.2, 0.25) is 11.8 Å². The maximum Gasteiger partial charge on any atom is 0.234 e. The Morgan fingerprint density at radius 2 is 1.22 bits per heavy atom. The molecular weight excluding hydrogens is 771 g/mol. The normalized spacial score (nSPS) is 10.8. The number of aryl methyl sites for hydroxylation is 2. The van der Waals surface area contributed by atoms with E-state index < -0.39 is 0 Å². The summed E-state index contributed by atoms with van der Waals surface area (Å²) in [5.74, 6) is 1.87. The summed E-state index contributed by atoms with van der Waals surface area (Å²) in [4.78, 5) is 33.3. The fourth-order valence-corrected chi connectivity index (χ4v) is 7.64. The smallest absolute Gasteiger partial charge is 0.234 e. The van der Waals surface area contributed by atoms with Crippen LogP contribution in [-0.4, -0.2) is 77.2 Å². The third-order valence-electron chi connectivity index (χ3n) is 8.72. The van der Waals surface area contributed by atoms with Crippen molar-refractivity contribution in [1.29, 1.82) is 0 Å². The molecule has 58 heavy (non-hydrogen) atoms. The molecule has 0 aliphatic rings. The molecule has 0 saturated heterocycles. The molecule has 0 radical (unpaired) electrons. The third kappa shape index (κ3) is 9.44. The van der Waals surface area contributed by atoms with Crippen LogP contribution in [0.25, 0.3) is 44.8 Å². The molecule has 302 valence electrons. The standard InChI is InChI=1S/C20H20N6OS.C19H19N7OS.C2H6.2H2/c1-3-26-19(15-10-7-11-17-16(15)12-21-25(17)2)23-24-20(26)28-13-18(27)22-14-8-5-4-6-9-14;1-3-26-17(14-9-10-20-18-16(14)21-12-25(18)2)23-24-19(26)28-11-15(27)22-13-7-5-4-6-8-13;1-2;;/h4-12H,3,13H2,1-2H3,(H,22,27);4-10,12H,3,11H2,1-2H3,(H,22,27);1-2H3;2*1H. The first kappa shape index (κ1) is 41.3. The molecule has 8 aromatic rings. The van der Waals surface area contributed by atoms with Crippen molar-refractivity contribution in [1.82, 2.24) is 53.8 Å². The Morgan fingerprint density at radius 3 is 1.78 bits per heavy atom. The molecule has 0 atom stereocenters. The summed E-state index contributed by atoms with van der Waals surface area (Å²) in [7, 11) is 3.83. The number of anilines is 2. The van der Waals surface area contributed by atoms with Crippen molar-refractivity contribution in [3.05, 3.63) is 104 Å². The van der Waals surface area contributed by atoms with Gasteiger partial charge >= 0.3 is 0 Å². The number of hydrogen-bond acceptors (Lipinski definition) is 11. The Hall–Kier alpha value is -6.33. The highest BCUT2D eigenvalue weighted by atomic mass is 32.2. The fraction of sp³-hybridized carbons (Fsp3) is 0.244. The molecular formula is C41H49N13O2S2. The van der Waals surface area contributed by atoms with Gasteiger partial charge in [-0.25, -0.2) is 9.97 Å². The van der Waals surface area contributed by atoms with E-state index in [1.165, 1.54) is 23.5 Å². The second-order valence-corrected chi connectivity index (χ2v) is 14.3. The van der Waals surface area contributed by atoms with Crippen LogP contribution in [0, 0.1) is 0 Å². The van der Waals surface area contributed by atoms with Crippen molar-refractivity contribution in [2.24, 2.45) is 14.1 Å². The average Bonchev–Trinajstić information content (AvgIpc) is 4.06. The molecule has 3 aromatic carbocycles. The Balaban J connectivity index is 0.000000246. The lowest BCUT2D eigenvalue weighted by atomic mass is 10.1. The summed E-state index contributed by atoms with van der Waals surface area (Å²) in [5, 5.41) is 29.9. The number of imidazole rings is 1. The van der Waals surface area contributed by atoms with Gasteiger partial charge in [0.15, 0.2) is 27.6 Å². The lowest BCUT2D eigenvalue weighted by Crippen LogP contribution is -2.14. The van der Waals surface area contributed by atoms with E-state index >= 15 is 0 Å². The van der Waals surface area contributed by atoms with Gasteiger partial charge in [0.25, 0.3) is 0 Å². The minimum atomic E-state index is -0.0839. The lowest BCUT2D eigenvalue weighted by Gasteiger charge is -2.08. The first-order chi connectivity index (χ1) is 28.3. The summed E-state index contributed by atoms with van der Waals surface area (Å²) in [5.41, 5.74) is 6.04. The molecule has 15 nitrogen and oxygen atoms in total. The van der Waals surface area contributed by atoms with Crippen LogP contribution >= 0.6 is 23.5 Å². The minimum Gasteiger partial charge on any atom is -0.325 e. The van der Waals surface area contributed by atoms with E-state index in [4.69, 9.17) is 0 Å². The summed E-state index contributed by atoms with van der Waals surface area (Å²) in [6.45, 7) is 9.46. The lowest BCUT2D eigenvalue weighted by molar-refractivity contribution is -0.114. The summed E-state index contributed by atoms with van der Waals surface area (Å²) in [6, 6.07) is 26.8. The van der Waals surface area contributed by atoms with Crippen LogP contribution in [0.4, 0.5) is 11.4 Å². The highest BCUT2D eigenvalue weighted by Crippen LogP contribution is 2.31. The second kappa shape index (κ2) is 19.7. The van der Waals surface area contributed by atoms with Gasteiger partial charge in [0, 0.05) is 58.6 Å². The number of benzene rings is 3. The van der Waals surface area contributed by atoms with Gasteiger partial charge < -0.3 is 24.3 Å².